The van der Waals surface area contributed by atoms with Gasteiger partial charge >= 0.3 is 5.97 Å². The van der Waals surface area contributed by atoms with E-state index in [-0.39, 0.29) is 11.9 Å². The van der Waals surface area contributed by atoms with Gasteiger partial charge in [0, 0.05) is 0 Å². The van der Waals surface area contributed by atoms with E-state index in [2.05, 4.69) is 0 Å². The van der Waals surface area contributed by atoms with Crippen LogP contribution >= 0.6 is 0 Å². The SMILES string of the molecule is COC(=O)[C@@H]1CC2=C(CCCC2)C2=C1[C@@H]1CCCC[C@H]1CC2. The highest BCUT2D eigenvalue weighted by molar-refractivity contribution is 5.78. The largest absolute Gasteiger partial charge is 0.469 e. The lowest BCUT2D eigenvalue weighted by molar-refractivity contribution is -0.144. The zero-order chi connectivity index (χ0) is 15.1. The van der Waals surface area contributed by atoms with Crippen molar-refractivity contribution in [3.63, 3.8) is 0 Å². The van der Waals surface area contributed by atoms with Crippen molar-refractivity contribution in [2.75, 3.05) is 7.11 Å². The molecule has 1 fully saturated rings. The summed E-state index contributed by atoms with van der Waals surface area (Å²) in [4.78, 5) is 12.5. The van der Waals surface area contributed by atoms with Gasteiger partial charge in [-0.3, -0.25) is 4.79 Å². The minimum Gasteiger partial charge on any atom is -0.469 e. The molecule has 4 aliphatic rings. The van der Waals surface area contributed by atoms with Crippen LogP contribution in [0.5, 0.6) is 0 Å². The van der Waals surface area contributed by atoms with Crippen LogP contribution in [-0.4, -0.2) is 13.1 Å². The Morgan fingerprint density at radius 3 is 2.64 bits per heavy atom. The second-order valence-corrected chi connectivity index (χ2v) is 7.69. The lowest BCUT2D eigenvalue weighted by atomic mass is 9.60. The Morgan fingerprint density at radius 1 is 0.955 bits per heavy atom. The highest BCUT2D eigenvalue weighted by Gasteiger charge is 2.43. The van der Waals surface area contributed by atoms with Gasteiger partial charge in [-0.2, -0.15) is 0 Å². The van der Waals surface area contributed by atoms with Crippen molar-refractivity contribution in [1.82, 2.24) is 0 Å². The van der Waals surface area contributed by atoms with Gasteiger partial charge in [0.25, 0.3) is 0 Å². The third-order valence-electron chi connectivity index (χ3n) is 6.68. The van der Waals surface area contributed by atoms with Crippen LogP contribution in [0.15, 0.2) is 22.3 Å². The van der Waals surface area contributed by atoms with E-state index < -0.39 is 0 Å². The molecule has 0 unspecified atom stereocenters. The molecule has 0 bridgehead atoms. The molecule has 0 heterocycles. The highest BCUT2D eigenvalue weighted by atomic mass is 16.5. The van der Waals surface area contributed by atoms with E-state index in [0.29, 0.717) is 5.92 Å². The molecule has 0 aromatic rings. The smallest absolute Gasteiger partial charge is 0.313 e. The average molecular weight is 300 g/mol. The fourth-order valence-corrected chi connectivity index (χ4v) is 5.72. The minimum absolute atomic E-state index is 0.0239. The molecule has 0 saturated heterocycles. The number of ether oxygens (including phenoxy) is 1. The molecule has 0 amide bonds. The third kappa shape index (κ3) is 2.26. The maximum Gasteiger partial charge on any atom is 0.313 e. The molecule has 3 atom stereocenters. The molecule has 1 saturated carbocycles. The summed E-state index contributed by atoms with van der Waals surface area (Å²) in [5, 5.41) is 0. The van der Waals surface area contributed by atoms with E-state index >= 15 is 0 Å². The Hall–Kier alpha value is -1.05. The van der Waals surface area contributed by atoms with Gasteiger partial charge in [-0.05, 0) is 86.3 Å². The third-order valence-corrected chi connectivity index (χ3v) is 6.68. The van der Waals surface area contributed by atoms with Crippen molar-refractivity contribution in [3.05, 3.63) is 22.3 Å². The van der Waals surface area contributed by atoms with Crippen molar-refractivity contribution in [2.24, 2.45) is 17.8 Å². The first-order valence-electron chi connectivity index (χ1n) is 9.31. The van der Waals surface area contributed by atoms with E-state index in [1.165, 1.54) is 69.8 Å². The van der Waals surface area contributed by atoms with Gasteiger partial charge < -0.3 is 4.74 Å². The maximum atomic E-state index is 12.5. The molecule has 0 aromatic carbocycles. The summed E-state index contributed by atoms with van der Waals surface area (Å²) >= 11 is 0. The van der Waals surface area contributed by atoms with Gasteiger partial charge in [-0.25, -0.2) is 0 Å². The maximum absolute atomic E-state index is 12.5. The van der Waals surface area contributed by atoms with Crippen LogP contribution in [0.2, 0.25) is 0 Å². The Balaban J connectivity index is 1.79. The molecule has 0 aromatic heterocycles. The summed E-state index contributed by atoms with van der Waals surface area (Å²) in [6.45, 7) is 0. The number of esters is 1. The van der Waals surface area contributed by atoms with Crippen molar-refractivity contribution in [1.29, 1.82) is 0 Å². The van der Waals surface area contributed by atoms with Gasteiger partial charge in [-0.15, -0.1) is 0 Å². The summed E-state index contributed by atoms with van der Waals surface area (Å²) in [6.07, 6.45) is 14.1. The summed E-state index contributed by atoms with van der Waals surface area (Å²) < 4.78 is 5.20. The predicted octanol–water partition coefficient (Wildman–Crippen LogP) is 4.95. The van der Waals surface area contributed by atoms with Gasteiger partial charge in [-0.1, -0.05) is 18.4 Å². The fraction of sp³-hybridized carbons (Fsp3) is 0.750. The summed E-state index contributed by atoms with van der Waals surface area (Å²) in [5.41, 5.74) is 6.41. The van der Waals surface area contributed by atoms with Gasteiger partial charge in [0.15, 0.2) is 0 Å². The molecule has 4 rings (SSSR count). The summed E-state index contributed by atoms with van der Waals surface area (Å²) in [5.74, 6) is 1.58. The average Bonchev–Trinajstić information content (AvgIpc) is 2.59. The fourth-order valence-electron chi connectivity index (χ4n) is 5.72. The molecule has 2 nitrogen and oxygen atoms in total. The second-order valence-electron chi connectivity index (χ2n) is 7.69. The molecule has 0 radical (unpaired) electrons. The number of hydrogen-bond donors (Lipinski definition) is 0. The van der Waals surface area contributed by atoms with Crippen molar-refractivity contribution >= 4 is 5.97 Å². The van der Waals surface area contributed by atoms with Crippen molar-refractivity contribution < 1.29 is 9.53 Å². The van der Waals surface area contributed by atoms with Crippen molar-refractivity contribution in [2.45, 2.75) is 70.6 Å². The molecule has 0 spiro atoms. The highest BCUT2D eigenvalue weighted by Crippen LogP contribution is 2.53. The summed E-state index contributed by atoms with van der Waals surface area (Å²) in [7, 11) is 1.56. The lowest BCUT2D eigenvalue weighted by Gasteiger charge is -2.45. The van der Waals surface area contributed by atoms with Crippen LogP contribution in [0.25, 0.3) is 0 Å². The Morgan fingerprint density at radius 2 is 1.77 bits per heavy atom. The topological polar surface area (TPSA) is 26.3 Å². The number of rotatable bonds is 1. The van der Waals surface area contributed by atoms with Crippen LogP contribution < -0.4 is 0 Å². The normalized spacial score (nSPS) is 34.7. The minimum atomic E-state index is 0.0239. The molecular formula is C20H28O2. The Labute approximate surface area is 134 Å². The van der Waals surface area contributed by atoms with Crippen LogP contribution in [0.1, 0.15) is 70.6 Å². The number of allylic oxidation sites excluding steroid dienone is 3. The first-order valence-corrected chi connectivity index (χ1v) is 9.31. The van der Waals surface area contributed by atoms with Gasteiger partial charge in [0.05, 0.1) is 13.0 Å². The number of fused-ring (bicyclic) bond motifs is 3. The van der Waals surface area contributed by atoms with Crippen LogP contribution in [0, 0.1) is 17.8 Å². The molecular weight excluding hydrogens is 272 g/mol. The molecule has 2 heteroatoms. The van der Waals surface area contributed by atoms with E-state index in [1.54, 1.807) is 23.8 Å². The first-order chi connectivity index (χ1) is 10.8. The molecule has 0 N–H and O–H groups in total. The second kappa shape index (κ2) is 5.86. The number of hydrogen-bond acceptors (Lipinski definition) is 2. The first kappa shape index (κ1) is 14.5. The summed E-state index contributed by atoms with van der Waals surface area (Å²) in [6, 6.07) is 0. The standard InChI is InChI=1S/C20H28O2/c1-22-20(21)18-12-14-7-3-4-8-15(14)17-11-10-13-6-2-5-9-16(13)19(17)18/h13,16,18H,2-12H2,1H3/t13-,16+,18+/m0/s1. The molecule has 120 valence electrons. The predicted molar refractivity (Wildman–Crippen MR) is 87.3 cm³/mol. The molecule has 0 aliphatic heterocycles. The van der Waals surface area contributed by atoms with Crippen LogP contribution in [0.4, 0.5) is 0 Å². The van der Waals surface area contributed by atoms with Gasteiger partial charge in [0.1, 0.15) is 0 Å². The molecule has 4 aliphatic carbocycles. The zero-order valence-electron chi connectivity index (χ0n) is 13.8. The Bertz CT molecular complexity index is 540. The van der Waals surface area contributed by atoms with Crippen LogP contribution in [0.3, 0.4) is 0 Å². The van der Waals surface area contributed by atoms with Crippen LogP contribution in [-0.2, 0) is 9.53 Å². The Kier molecular flexibility index (Phi) is 3.88. The van der Waals surface area contributed by atoms with E-state index in [0.717, 1.165) is 12.3 Å². The number of methoxy groups -OCH3 is 1. The zero-order valence-corrected chi connectivity index (χ0v) is 13.8. The molecule has 22 heavy (non-hydrogen) atoms. The lowest BCUT2D eigenvalue weighted by Crippen LogP contribution is -2.36. The quantitative estimate of drug-likeness (QED) is 0.641. The number of carbonyl (C=O) groups excluding carboxylic acids is 1. The van der Waals surface area contributed by atoms with E-state index in [1.807, 2.05) is 0 Å². The van der Waals surface area contributed by atoms with Crippen molar-refractivity contribution in [3.8, 4) is 0 Å². The monoisotopic (exact) mass is 300 g/mol. The van der Waals surface area contributed by atoms with Gasteiger partial charge in [0.2, 0.25) is 0 Å². The number of carbonyl (C=O) groups is 1. The van der Waals surface area contributed by atoms with E-state index in [4.69, 9.17) is 4.74 Å². The van der Waals surface area contributed by atoms with E-state index in [9.17, 15) is 4.79 Å².